The number of carbonyl (C=O) groups is 1. The smallest absolute Gasteiger partial charge is 0.132 e. The van der Waals surface area contributed by atoms with E-state index < -0.39 is 0 Å². The maximum Gasteiger partial charge on any atom is 0.132 e. The quantitative estimate of drug-likeness (QED) is 0.681. The Morgan fingerprint density at radius 3 is 2.72 bits per heavy atom. The van der Waals surface area contributed by atoms with Crippen LogP contribution in [0.15, 0.2) is 22.7 Å². The highest BCUT2D eigenvalue weighted by atomic mass is 79.9. The maximum absolute atomic E-state index is 11.2. The Balaban J connectivity index is 2.54. The Hall–Kier alpha value is -0.830. The fourth-order valence-electron chi connectivity index (χ4n) is 1.73. The molecule has 0 fully saturated rings. The van der Waals surface area contributed by atoms with E-state index >= 15 is 0 Å². The van der Waals surface area contributed by atoms with Crippen LogP contribution in [0.3, 0.4) is 0 Å². The van der Waals surface area contributed by atoms with Crippen LogP contribution in [-0.2, 0) is 4.79 Å². The fourth-order valence-corrected chi connectivity index (χ4v) is 2.11. The van der Waals surface area contributed by atoms with Crippen molar-refractivity contribution in [1.82, 2.24) is 0 Å². The zero-order chi connectivity index (χ0) is 13.5. The molecule has 0 unspecified atom stereocenters. The molecule has 2 nitrogen and oxygen atoms in total. The Kier molecular flexibility index (Phi) is 6.41. The van der Waals surface area contributed by atoms with Crippen molar-refractivity contribution in [3.63, 3.8) is 0 Å². The molecule has 0 N–H and O–H groups in total. The van der Waals surface area contributed by atoms with Gasteiger partial charge in [-0.2, -0.15) is 0 Å². The number of hydrogen-bond acceptors (Lipinski definition) is 2. The number of Topliss-reactive ketones (excluding diaryl/α,β-unsaturated/α-hetero) is 1. The van der Waals surface area contributed by atoms with Crippen molar-refractivity contribution in [1.29, 1.82) is 0 Å². The van der Waals surface area contributed by atoms with Gasteiger partial charge in [0, 0.05) is 17.3 Å². The molecule has 0 spiro atoms. The Morgan fingerprint density at radius 1 is 1.39 bits per heavy atom. The topological polar surface area (TPSA) is 26.3 Å². The molecule has 0 heterocycles. The number of halogens is 1. The number of benzene rings is 1. The van der Waals surface area contributed by atoms with Gasteiger partial charge in [0.25, 0.3) is 0 Å². The van der Waals surface area contributed by atoms with Gasteiger partial charge >= 0.3 is 0 Å². The third kappa shape index (κ3) is 4.81. The van der Waals surface area contributed by atoms with Crippen molar-refractivity contribution in [2.75, 3.05) is 6.61 Å². The molecule has 3 heteroatoms. The van der Waals surface area contributed by atoms with Crippen LogP contribution in [0, 0.1) is 0 Å². The largest absolute Gasteiger partial charge is 0.493 e. The second-order valence-electron chi connectivity index (χ2n) is 4.68. The van der Waals surface area contributed by atoms with Crippen molar-refractivity contribution >= 4 is 21.7 Å². The lowest BCUT2D eigenvalue weighted by Crippen LogP contribution is -2.04. The van der Waals surface area contributed by atoms with Gasteiger partial charge in [-0.15, -0.1) is 0 Å². The highest BCUT2D eigenvalue weighted by Gasteiger charge is 2.08. The van der Waals surface area contributed by atoms with E-state index in [9.17, 15) is 4.79 Å². The molecule has 18 heavy (non-hydrogen) atoms. The normalized spacial score (nSPS) is 10.7. The molecule has 1 aromatic carbocycles. The Morgan fingerprint density at radius 2 is 2.11 bits per heavy atom. The van der Waals surface area contributed by atoms with E-state index in [1.165, 1.54) is 5.56 Å². The summed E-state index contributed by atoms with van der Waals surface area (Å²) in [4.78, 5) is 11.2. The summed E-state index contributed by atoms with van der Waals surface area (Å²) >= 11 is 3.47. The van der Waals surface area contributed by atoms with Crippen molar-refractivity contribution in [3.8, 4) is 5.75 Å². The minimum atomic E-state index is 0.304. The minimum absolute atomic E-state index is 0.304. The molecule has 0 atom stereocenters. The van der Waals surface area contributed by atoms with Gasteiger partial charge in [-0.05, 0) is 36.1 Å². The van der Waals surface area contributed by atoms with Crippen LogP contribution >= 0.6 is 15.9 Å². The fraction of sp³-hybridized carbons (Fsp3) is 0.533. The lowest BCUT2D eigenvalue weighted by atomic mass is 10.0. The van der Waals surface area contributed by atoms with Gasteiger partial charge in [0.15, 0.2) is 0 Å². The summed E-state index contributed by atoms with van der Waals surface area (Å²) < 4.78 is 6.84. The summed E-state index contributed by atoms with van der Waals surface area (Å²) in [6, 6.07) is 6.07. The maximum atomic E-state index is 11.2. The molecule has 1 rings (SSSR count). The lowest BCUT2D eigenvalue weighted by molar-refractivity contribution is -0.118. The molecular formula is C15H21BrO2. The molecular weight excluding hydrogens is 292 g/mol. The van der Waals surface area contributed by atoms with E-state index in [-0.39, 0.29) is 0 Å². The van der Waals surface area contributed by atoms with Crippen LogP contribution in [0.1, 0.15) is 51.5 Å². The molecule has 0 saturated carbocycles. The van der Waals surface area contributed by atoms with Gasteiger partial charge in [0.05, 0.1) is 6.61 Å². The van der Waals surface area contributed by atoms with Gasteiger partial charge in [-0.3, -0.25) is 4.79 Å². The number of ether oxygens (including phenoxy) is 1. The van der Waals surface area contributed by atoms with E-state index in [1.807, 2.05) is 19.1 Å². The molecule has 0 aliphatic heterocycles. The summed E-state index contributed by atoms with van der Waals surface area (Å²) in [5, 5.41) is 0. The molecule has 0 aromatic heterocycles. The van der Waals surface area contributed by atoms with E-state index in [0.717, 1.165) is 16.6 Å². The Bertz CT molecular complexity index is 399. The van der Waals surface area contributed by atoms with Crippen molar-refractivity contribution in [2.24, 2.45) is 0 Å². The third-order valence-corrected chi connectivity index (χ3v) is 3.34. The first-order valence-corrected chi connectivity index (χ1v) is 7.27. The van der Waals surface area contributed by atoms with Crippen LogP contribution in [0.2, 0.25) is 0 Å². The van der Waals surface area contributed by atoms with Crippen LogP contribution < -0.4 is 4.74 Å². The first kappa shape index (κ1) is 15.2. The van der Waals surface area contributed by atoms with Crippen LogP contribution in [0.25, 0.3) is 0 Å². The van der Waals surface area contributed by atoms with E-state index in [4.69, 9.17) is 4.74 Å². The molecule has 0 bridgehead atoms. The van der Waals surface area contributed by atoms with Gasteiger partial charge < -0.3 is 4.74 Å². The monoisotopic (exact) mass is 312 g/mol. The second-order valence-corrected chi connectivity index (χ2v) is 5.60. The molecule has 0 aliphatic carbocycles. The summed E-state index contributed by atoms with van der Waals surface area (Å²) in [5.74, 6) is 1.66. The standard InChI is InChI=1S/C15H21BrO2/c1-4-13(17)6-5-9-18-15-8-7-12(16)10-14(15)11(2)3/h7-8,10-11H,4-6,9H2,1-3H3. The van der Waals surface area contributed by atoms with E-state index in [1.54, 1.807) is 0 Å². The third-order valence-electron chi connectivity index (χ3n) is 2.85. The number of carbonyl (C=O) groups excluding carboxylic acids is 1. The highest BCUT2D eigenvalue weighted by Crippen LogP contribution is 2.29. The summed E-state index contributed by atoms with van der Waals surface area (Å²) in [7, 11) is 0. The summed E-state index contributed by atoms with van der Waals surface area (Å²) in [5.41, 5.74) is 1.20. The van der Waals surface area contributed by atoms with Gasteiger partial charge in [-0.1, -0.05) is 36.7 Å². The molecule has 1 aromatic rings. The number of rotatable bonds is 7. The van der Waals surface area contributed by atoms with Crippen LogP contribution in [0.4, 0.5) is 0 Å². The average Bonchev–Trinajstić information content (AvgIpc) is 2.35. The minimum Gasteiger partial charge on any atom is -0.493 e. The zero-order valence-electron chi connectivity index (χ0n) is 11.3. The SMILES string of the molecule is CCC(=O)CCCOc1ccc(Br)cc1C(C)C. The first-order valence-electron chi connectivity index (χ1n) is 6.48. The van der Waals surface area contributed by atoms with Gasteiger partial charge in [0.2, 0.25) is 0 Å². The van der Waals surface area contributed by atoms with Crippen LogP contribution in [-0.4, -0.2) is 12.4 Å². The van der Waals surface area contributed by atoms with Crippen molar-refractivity contribution < 1.29 is 9.53 Å². The zero-order valence-corrected chi connectivity index (χ0v) is 12.9. The Labute approximate surface area is 118 Å². The van der Waals surface area contributed by atoms with Crippen molar-refractivity contribution in [2.45, 2.75) is 46.0 Å². The predicted molar refractivity (Wildman–Crippen MR) is 78.3 cm³/mol. The number of hydrogen-bond donors (Lipinski definition) is 0. The average molecular weight is 313 g/mol. The van der Waals surface area contributed by atoms with Crippen molar-refractivity contribution in [3.05, 3.63) is 28.2 Å². The molecule has 100 valence electrons. The predicted octanol–water partition coefficient (Wildman–Crippen LogP) is 4.71. The molecule has 0 radical (unpaired) electrons. The highest BCUT2D eigenvalue weighted by molar-refractivity contribution is 9.10. The van der Waals surface area contributed by atoms with Crippen LogP contribution in [0.5, 0.6) is 5.75 Å². The lowest BCUT2D eigenvalue weighted by Gasteiger charge is -2.14. The molecule has 0 saturated heterocycles. The number of ketones is 1. The van der Waals surface area contributed by atoms with E-state index in [0.29, 0.717) is 31.1 Å². The molecule has 0 aliphatic rings. The first-order chi connectivity index (χ1) is 8.54. The molecule has 0 amide bonds. The second kappa shape index (κ2) is 7.57. The summed E-state index contributed by atoms with van der Waals surface area (Å²) in [6.07, 6.45) is 2.03. The summed E-state index contributed by atoms with van der Waals surface area (Å²) in [6.45, 7) is 6.80. The van der Waals surface area contributed by atoms with Gasteiger partial charge in [-0.25, -0.2) is 0 Å². The van der Waals surface area contributed by atoms with Gasteiger partial charge in [0.1, 0.15) is 11.5 Å². The van der Waals surface area contributed by atoms with E-state index in [2.05, 4.69) is 35.8 Å².